The molecule has 1 aliphatic carbocycles. The van der Waals surface area contributed by atoms with E-state index in [1.165, 1.54) is 18.4 Å². The van der Waals surface area contributed by atoms with E-state index in [0.717, 1.165) is 38.3 Å². The van der Waals surface area contributed by atoms with E-state index >= 15 is 0 Å². The standard InChI is InChI=1S/C17H21N5/c1-2-4-14(5-3-1)12-15-8-10-21(11-9-15)13-17-18-19-20-22(17)16-6-7-16/h1-5,12,16H,6-11,13H2. The quantitative estimate of drug-likeness (QED) is 0.870. The van der Waals surface area contributed by atoms with Crippen LogP contribution in [0.25, 0.3) is 6.08 Å². The minimum atomic E-state index is 0.559. The van der Waals surface area contributed by atoms with Crippen molar-refractivity contribution in [3.05, 3.63) is 47.3 Å². The first kappa shape index (κ1) is 13.6. The first-order valence-corrected chi connectivity index (χ1v) is 8.12. The minimum absolute atomic E-state index is 0.559. The lowest BCUT2D eigenvalue weighted by molar-refractivity contribution is 0.238. The van der Waals surface area contributed by atoms with E-state index in [1.54, 1.807) is 5.57 Å². The van der Waals surface area contributed by atoms with Gasteiger partial charge in [-0.2, -0.15) is 0 Å². The molecule has 2 heterocycles. The van der Waals surface area contributed by atoms with Gasteiger partial charge in [0.05, 0.1) is 12.6 Å². The van der Waals surface area contributed by atoms with Crippen molar-refractivity contribution in [3.8, 4) is 0 Å². The van der Waals surface area contributed by atoms with Crippen molar-refractivity contribution in [2.24, 2.45) is 0 Å². The van der Waals surface area contributed by atoms with E-state index in [-0.39, 0.29) is 0 Å². The zero-order valence-electron chi connectivity index (χ0n) is 12.7. The molecule has 0 radical (unpaired) electrons. The molecule has 0 atom stereocenters. The van der Waals surface area contributed by atoms with Gasteiger partial charge in [-0.1, -0.05) is 42.0 Å². The van der Waals surface area contributed by atoms with Crippen LogP contribution in [0.3, 0.4) is 0 Å². The van der Waals surface area contributed by atoms with E-state index in [1.807, 2.05) is 4.68 Å². The third-order valence-electron chi connectivity index (χ3n) is 4.49. The van der Waals surface area contributed by atoms with Crippen LogP contribution in [0.5, 0.6) is 0 Å². The van der Waals surface area contributed by atoms with Gasteiger partial charge in [-0.15, -0.1) is 5.10 Å². The molecule has 0 bridgehead atoms. The molecular formula is C17H21N5. The SMILES string of the molecule is C(=C1CCN(Cc2nnnn2C2CC2)CC1)c1ccccc1. The molecule has 0 spiro atoms. The molecule has 0 amide bonds. The third-order valence-corrected chi connectivity index (χ3v) is 4.49. The first-order chi connectivity index (χ1) is 10.9. The molecule has 114 valence electrons. The van der Waals surface area contributed by atoms with Gasteiger partial charge < -0.3 is 0 Å². The molecule has 1 saturated heterocycles. The molecule has 4 rings (SSSR count). The maximum atomic E-state index is 4.20. The minimum Gasteiger partial charge on any atom is -0.295 e. The van der Waals surface area contributed by atoms with Crippen LogP contribution in [-0.4, -0.2) is 38.2 Å². The highest BCUT2D eigenvalue weighted by molar-refractivity contribution is 5.52. The maximum Gasteiger partial charge on any atom is 0.165 e. The number of hydrogen-bond acceptors (Lipinski definition) is 4. The summed E-state index contributed by atoms with van der Waals surface area (Å²) in [6, 6.07) is 11.2. The fourth-order valence-corrected chi connectivity index (χ4v) is 3.05. The van der Waals surface area contributed by atoms with Crippen molar-refractivity contribution in [2.45, 2.75) is 38.3 Å². The van der Waals surface area contributed by atoms with Gasteiger partial charge in [-0.3, -0.25) is 4.90 Å². The molecule has 1 aromatic heterocycles. The topological polar surface area (TPSA) is 46.8 Å². The molecule has 0 N–H and O–H groups in total. The van der Waals surface area contributed by atoms with Crippen LogP contribution in [0, 0.1) is 0 Å². The number of tetrazole rings is 1. The number of piperidine rings is 1. The molecule has 1 aromatic carbocycles. The van der Waals surface area contributed by atoms with Gasteiger partial charge in [-0.05, 0) is 41.7 Å². The zero-order chi connectivity index (χ0) is 14.8. The summed E-state index contributed by atoms with van der Waals surface area (Å²) in [5, 5.41) is 12.2. The highest BCUT2D eigenvalue weighted by Crippen LogP contribution is 2.34. The summed E-state index contributed by atoms with van der Waals surface area (Å²) in [5.74, 6) is 1.03. The number of benzene rings is 1. The Morgan fingerprint density at radius 2 is 1.86 bits per heavy atom. The number of rotatable bonds is 4. The smallest absolute Gasteiger partial charge is 0.165 e. The van der Waals surface area contributed by atoms with Crippen LogP contribution in [0.4, 0.5) is 0 Å². The van der Waals surface area contributed by atoms with E-state index in [2.05, 4.69) is 56.8 Å². The second-order valence-corrected chi connectivity index (χ2v) is 6.26. The van der Waals surface area contributed by atoms with Crippen molar-refractivity contribution in [2.75, 3.05) is 13.1 Å². The lowest BCUT2D eigenvalue weighted by Gasteiger charge is -2.27. The van der Waals surface area contributed by atoms with Gasteiger partial charge >= 0.3 is 0 Å². The first-order valence-electron chi connectivity index (χ1n) is 8.12. The van der Waals surface area contributed by atoms with E-state index in [9.17, 15) is 0 Å². The Morgan fingerprint density at radius 1 is 1.09 bits per heavy atom. The number of aromatic nitrogens is 4. The molecule has 0 unspecified atom stereocenters. The van der Waals surface area contributed by atoms with Gasteiger partial charge in [0.15, 0.2) is 5.82 Å². The summed E-state index contributed by atoms with van der Waals surface area (Å²) in [4.78, 5) is 2.47. The summed E-state index contributed by atoms with van der Waals surface area (Å²) in [7, 11) is 0. The van der Waals surface area contributed by atoms with Crippen LogP contribution < -0.4 is 0 Å². The van der Waals surface area contributed by atoms with Crippen molar-refractivity contribution in [1.29, 1.82) is 0 Å². The monoisotopic (exact) mass is 295 g/mol. The van der Waals surface area contributed by atoms with Crippen LogP contribution in [-0.2, 0) is 6.54 Å². The number of hydrogen-bond donors (Lipinski definition) is 0. The maximum absolute atomic E-state index is 4.20. The Balaban J connectivity index is 1.36. The van der Waals surface area contributed by atoms with Crippen molar-refractivity contribution in [3.63, 3.8) is 0 Å². The largest absolute Gasteiger partial charge is 0.295 e. The van der Waals surface area contributed by atoms with Crippen LogP contribution in [0.15, 0.2) is 35.9 Å². The summed E-state index contributed by atoms with van der Waals surface area (Å²) in [6.45, 7) is 3.06. The van der Waals surface area contributed by atoms with Crippen LogP contribution in [0.2, 0.25) is 0 Å². The van der Waals surface area contributed by atoms with Crippen LogP contribution in [0.1, 0.15) is 43.1 Å². The lowest BCUT2D eigenvalue weighted by Crippen LogP contribution is -2.31. The summed E-state index contributed by atoms with van der Waals surface area (Å²) < 4.78 is 2.02. The fraction of sp³-hybridized carbons (Fsp3) is 0.471. The molecule has 1 aliphatic heterocycles. The summed E-state index contributed by atoms with van der Waals surface area (Å²) in [6.07, 6.45) is 7.06. The van der Waals surface area contributed by atoms with Gasteiger partial charge in [-0.25, -0.2) is 4.68 Å². The highest BCUT2D eigenvalue weighted by Gasteiger charge is 2.28. The number of nitrogens with zero attached hydrogens (tertiary/aromatic N) is 5. The van der Waals surface area contributed by atoms with Crippen molar-refractivity contribution in [1.82, 2.24) is 25.1 Å². The Labute approximate surface area is 130 Å². The van der Waals surface area contributed by atoms with Gasteiger partial charge in [0.2, 0.25) is 0 Å². The number of likely N-dealkylation sites (tertiary alicyclic amines) is 1. The Kier molecular flexibility index (Phi) is 3.72. The van der Waals surface area contributed by atoms with E-state index in [4.69, 9.17) is 0 Å². The molecule has 2 fully saturated rings. The molecule has 2 aliphatic rings. The summed E-state index contributed by atoms with van der Waals surface area (Å²) >= 11 is 0. The third kappa shape index (κ3) is 3.09. The second-order valence-electron chi connectivity index (χ2n) is 6.26. The zero-order valence-corrected chi connectivity index (χ0v) is 12.7. The second kappa shape index (κ2) is 6.01. The van der Waals surface area contributed by atoms with E-state index < -0.39 is 0 Å². The molecule has 5 nitrogen and oxygen atoms in total. The normalized spacial score (nSPS) is 19.4. The van der Waals surface area contributed by atoms with Crippen molar-refractivity contribution >= 4 is 6.08 Å². The predicted octanol–water partition coefficient (Wildman–Crippen LogP) is 2.69. The van der Waals surface area contributed by atoms with Gasteiger partial charge in [0.1, 0.15) is 0 Å². The van der Waals surface area contributed by atoms with E-state index in [0.29, 0.717) is 6.04 Å². The highest BCUT2D eigenvalue weighted by atomic mass is 15.6. The fourth-order valence-electron chi connectivity index (χ4n) is 3.05. The molecule has 2 aromatic rings. The molecule has 22 heavy (non-hydrogen) atoms. The molecule has 1 saturated carbocycles. The average Bonchev–Trinajstić information content (AvgIpc) is 3.30. The molecular weight excluding hydrogens is 274 g/mol. The van der Waals surface area contributed by atoms with Crippen molar-refractivity contribution < 1.29 is 0 Å². The van der Waals surface area contributed by atoms with Gasteiger partial charge in [0, 0.05) is 13.1 Å². The Morgan fingerprint density at radius 3 is 2.59 bits per heavy atom. The molecule has 5 heteroatoms. The van der Waals surface area contributed by atoms with Gasteiger partial charge in [0.25, 0.3) is 0 Å². The van der Waals surface area contributed by atoms with Crippen LogP contribution >= 0.6 is 0 Å². The Bertz CT molecular complexity index is 647. The summed E-state index contributed by atoms with van der Waals surface area (Å²) in [5.41, 5.74) is 2.85. The Hall–Kier alpha value is -2.01. The lowest BCUT2D eigenvalue weighted by atomic mass is 10.0. The average molecular weight is 295 g/mol. The predicted molar refractivity (Wildman–Crippen MR) is 85.0 cm³/mol.